The fraction of sp³-hybridized carbons (Fsp3) is 0.222. The van der Waals surface area contributed by atoms with E-state index in [9.17, 15) is 13.6 Å². The zero-order valence-corrected chi connectivity index (χ0v) is 9.16. The zero-order valence-electron chi connectivity index (χ0n) is 7.01. The minimum atomic E-state index is -0.990. The van der Waals surface area contributed by atoms with Crippen LogP contribution >= 0.6 is 22.6 Å². The van der Waals surface area contributed by atoms with E-state index in [1.165, 1.54) is 0 Å². The maximum atomic E-state index is 12.7. The Kier molecular flexibility index (Phi) is 3.79. The van der Waals surface area contributed by atoms with E-state index in [0.717, 1.165) is 18.2 Å². The SMILES string of the molecule is O=C(O)[C@@H](I)Cc1cc(F)cc(F)c1. The smallest absolute Gasteiger partial charge is 0.316 e. The molecule has 5 heteroatoms. The quantitative estimate of drug-likeness (QED) is 0.687. The van der Waals surface area contributed by atoms with Crippen LogP contribution in [0, 0.1) is 11.6 Å². The van der Waals surface area contributed by atoms with Crippen LogP contribution in [-0.4, -0.2) is 15.0 Å². The van der Waals surface area contributed by atoms with Crippen LogP contribution in [0.5, 0.6) is 0 Å². The van der Waals surface area contributed by atoms with Crippen molar-refractivity contribution in [1.82, 2.24) is 0 Å². The van der Waals surface area contributed by atoms with Crippen molar-refractivity contribution < 1.29 is 18.7 Å². The summed E-state index contributed by atoms with van der Waals surface area (Å²) in [5.74, 6) is -2.36. The highest BCUT2D eigenvalue weighted by Crippen LogP contribution is 2.14. The van der Waals surface area contributed by atoms with E-state index < -0.39 is 21.5 Å². The third-order valence-electron chi connectivity index (χ3n) is 1.61. The number of rotatable bonds is 3. The fourth-order valence-corrected chi connectivity index (χ4v) is 1.53. The molecule has 0 saturated heterocycles. The molecule has 0 aromatic heterocycles. The Bertz CT molecular complexity index is 334. The van der Waals surface area contributed by atoms with Crippen LogP contribution in [0.2, 0.25) is 0 Å². The van der Waals surface area contributed by atoms with Crippen molar-refractivity contribution in [3.8, 4) is 0 Å². The van der Waals surface area contributed by atoms with Gasteiger partial charge in [0.1, 0.15) is 15.6 Å². The van der Waals surface area contributed by atoms with Crippen molar-refractivity contribution in [2.45, 2.75) is 10.3 Å². The molecule has 0 aliphatic carbocycles. The Morgan fingerprint density at radius 2 is 1.86 bits per heavy atom. The van der Waals surface area contributed by atoms with Crippen molar-refractivity contribution >= 4 is 28.6 Å². The molecule has 0 fully saturated rings. The molecule has 1 atom stereocenters. The lowest BCUT2D eigenvalue weighted by Crippen LogP contribution is -2.15. The lowest BCUT2D eigenvalue weighted by atomic mass is 10.1. The van der Waals surface area contributed by atoms with Crippen molar-refractivity contribution in [2.24, 2.45) is 0 Å². The van der Waals surface area contributed by atoms with E-state index in [-0.39, 0.29) is 6.42 Å². The molecule has 0 bridgehead atoms. The first-order chi connectivity index (χ1) is 6.49. The van der Waals surface area contributed by atoms with Crippen molar-refractivity contribution in [3.63, 3.8) is 0 Å². The molecule has 1 N–H and O–H groups in total. The molecule has 1 aromatic carbocycles. The normalized spacial score (nSPS) is 12.5. The number of hydrogen-bond acceptors (Lipinski definition) is 1. The Balaban J connectivity index is 2.81. The number of aliphatic carboxylic acids is 1. The largest absolute Gasteiger partial charge is 0.480 e. The summed E-state index contributed by atoms with van der Waals surface area (Å²) < 4.78 is 24.7. The molecule has 0 unspecified atom stereocenters. The zero-order chi connectivity index (χ0) is 10.7. The van der Waals surface area contributed by atoms with Crippen LogP contribution in [0.4, 0.5) is 8.78 Å². The summed E-state index contributed by atoms with van der Waals surface area (Å²) in [7, 11) is 0. The molecule has 0 spiro atoms. The summed E-state index contributed by atoms with van der Waals surface area (Å²) in [5, 5.41) is 8.59. The van der Waals surface area contributed by atoms with Crippen molar-refractivity contribution in [3.05, 3.63) is 35.4 Å². The number of benzene rings is 1. The fourth-order valence-electron chi connectivity index (χ4n) is 1.02. The minimum Gasteiger partial charge on any atom is -0.480 e. The van der Waals surface area contributed by atoms with Gasteiger partial charge in [-0.25, -0.2) is 8.78 Å². The number of alkyl halides is 1. The van der Waals surface area contributed by atoms with Gasteiger partial charge in [-0.3, -0.25) is 4.79 Å². The van der Waals surface area contributed by atoms with Crippen LogP contribution in [-0.2, 0) is 11.2 Å². The molecule has 0 aliphatic heterocycles. The van der Waals surface area contributed by atoms with E-state index in [4.69, 9.17) is 5.11 Å². The average Bonchev–Trinajstić information content (AvgIpc) is 2.01. The molecule has 1 aromatic rings. The number of halogens is 3. The minimum absolute atomic E-state index is 0.116. The molecule has 0 aliphatic rings. The van der Waals surface area contributed by atoms with Gasteiger partial charge in [-0.15, -0.1) is 0 Å². The highest BCUT2D eigenvalue weighted by atomic mass is 127. The first-order valence-corrected chi connectivity index (χ1v) is 5.05. The van der Waals surface area contributed by atoms with E-state index >= 15 is 0 Å². The van der Waals surface area contributed by atoms with Crippen LogP contribution < -0.4 is 0 Å². The van der Waals surface area contributed by atoms with Gasteiger partial charge >= 0.3 is 5.97 Å². The lowest BCUT2D eigenvalue weighted by molar-refractivity contribution is -0.135. The molecule has 14 heavy (non-hydrogen) atoms. The summed E-state index contributed by atoms with van der Waals surface area (Å²) in [5.41, 5.74) is 0.351. The number of carbonyl (C=O) groups is 1. The van der Waals surface area contributed by atoms with E-state index in [1.807, 2.05) is 0 Å². The topological polar surface area (TPSA) is 37.3 Å². The van der Waals surface area contributed by atoms with Gasteiger partial charge in [0.2, 0.25) is 0 Å². The third-order valence-corrected chi connectivity index (χ3v) is 2.58. The Morgan fingerprint density at radius 1 is 1.36 bits per heavy atom. The van der Waals surface area contributed by atoms with Gasteiger partial charge in [0.15, 0.2) is 0 Å². The van der Waals surface area contributed by atoms with Crippen LogP contribution in [0.1, 0.15) is 5.56 Å². The van der Waals surface area contributed by atoms with Crippen LogP contribution in [0.15, 0.2) is 18.2 Å². The van der Waals surface area contributed by atoms with Crippen LogP contribution in [0.3, 0.4) is 0 Å². The molecule has 0 radical (unpaired) electrons. The highest BCUT2D eigenvalue weighted by Gasteiger charge is 2.14. The molecule has 2 nitrogen and oxygen atoms in total. The molecule has 1 rings (SSSR count). The third kappa shape index (κ3) is 3.21. The van der Waals surface area contributed by atoms with E-state index in [2.05, 4.69) is 0 Å². The molecular formula is C9H7F2IO2. The van der Waals surface area contributed by atoms with Gasteiger partial charge < -0.3 is 5.11 Å². The standard InChI is InChI=1S/C9H7F2IO2/c10-6-1-5(2-7(11)4-6)3-8(12)9(13)14/h1-2,4,8H,3H2,(H,13,14)/t8-/m0/s1. The average molecular weight is 312 g/mol. The molecule has 0 amide bonds. The van der Waals surface area contributed by atoms with Gasteiger partial charge in [0.05, 0.1) is 0 Å². The van der Waals surface area contributed by atoms with E-state index in [0.29, 0.717) is 5.56 Å². The molecule has 0 saturated carbocycles. The maximum absolute atomic E-state index is 12.7. The summed E-state index contributed by atoms with van der Waals surface area (Å²) >= 11 is 1.71. The first kappa shape index (κ1) is 11.4. The second-order valence-corrected chi connectivity index (χ2v) is 4.29. The van der Waals surface area contributed by atoms with Gasteiger partial charge in [-0.1, -0.05) is 22.6 Å². The number of hydrogen-bond donors (Lipinski definition) is 1. The van der Waals surface area contributed by atoms with Crippen LogP contribution in [0.25, 0.3) is 0 Å². The maximum Gasteiger partial charge on any atom is 0.316 e. The monoisotopic (exact) mass is 312 g/mol. The second kappa shape index (κ2) is 4.68. The highest BCUT2D eigenvalue weighted by molar-refractivity contribution is 14.1. The Labute approximate surface area is 93.1 Å². The summed E-state index contributed by atoms with van der Waals surface area (Å²) in [6, 6.07) is 3.03. The molecular weight excluding hydrogens is 305 g/mol. The van der Waals surface area contributed by atoms with Crippen molar-refractivity contribution in [1.29, 1.82) is 0 Å². The van der Waals surface area contributed by atoms with Gasteiger partial charge in [-0.2, -0.15) is 0 Å². The van der Waals surface area contributed by atoms with E-state index in [1.54, 1.807) is 22.6 Å². The summed E-state index contributed by atoms with van der Waals surface area (Å²) in [6.45, 7) is 0. The van der Waals surface area contributed by atoms with Gasteiger partial charge in [0.25, 0.3) is 0 Å². The molecule has 76 valence electrons. The Morgan fingerprint density at radius 3 is 2.29 bits per heavy atom. The van der Waals surface area contributed by atoms with Gasteiger partial charge in [-0.05, 0) is 24.1 Å². The Hall–Kier alpha value is -0.720. The number of carboxylic acid groups (broad SMARTS) is 1. The van der Waals surface area contributed by atoms with Crippen molar-refractivity contribution in [2.75, 3.05) is 0 Å². The second-order valence-electron chi connectivity index (χ2n) is 2.79. The number of carboxylic acids is 1. The first-order valence-electron chi connectivity index (χ1n) is 3.81. The predicted octanol–water partition coefficient (Wildman–Crippen LogP) is 2.40. The predicted molar refractivity (Wildman–Crippen MR) is 55.5 cm³/mol. The molecule has 0 heterocycles. The summed E-state index contributed by atoms with van der Waals surface area (Å²) in [4.78, 5) is 10.5. The lowest BCUT2D eigenvalue weighted by Gasteiger charge is -2.04. The summed E-state index contributed by atoms with van der Waals surface area (Å²) in [6.07, 6.45) is 0.116. The van der Waals surface area contributed by atoms with Gasteiger partial charge in [0, 0.05) is 6.07 Å².